The summed E-state index contributed by atoms with van der Waals surface area (Å²) in [6.07, 6.45) is 92.4. The van der Waals surface area contributed by atoms with Crippen molar-refractivity contribution in [2.45, 2.75) is 431 Å². The summed E-state index contributed by atoms with van der Waals surface area (Å²) in [5, 5.41) is 0. The molecule has 69 heavy (non-hydrogen) atoms. The summed E-state index contributed by atoms with van der Waals surface area (Å²) in [4.78, 5) is 0. The number of rotatable bonds is 63. The Morgan fingerprint density at radius 2 is 0.246 bits per heavy atom. The Hall–Kier alpha value is 0.250. The van der Waals surface area contributed by atoms with Crippen molar-refractivity contribution in [3.05, 3.63) is 0 Å². The average molecular weight is 993 g/mol. The Morgan fingerprint density at radius 3 is 0.348 bits per heavy atom. The second-order valence-electron chi connectivity index (χ2n) is 23.9. The second kappa shape index (κ2) is 64.4. The Morgan fingerprint density at radius 1 is 0.159 bits per heavy atom. The van der Waals surface area contributed by atoms with Gasteiger partial charge in [-0.1, -0.05) is 387 Å². The predicted molar refractivity (Wildman–Crippen MR) is 314 cm³/mol. The van der Waals surface area contributed by atoms with Crippen LogP contribution in [0.3, 0.4) is 0 Å². The first kappa shape index (κ1) is 71.3. The summed E-state index contributed by atoms with van der Waals surface area (Å²) in [5.74, 6) is 0. The molecule has 0 atom stereocenters. The molecule has 0 aromatic heterocycles. The Kier molecular flexibility index (Phi) is 66.5. The molecule has 0 fully saturated rings. The third kappa shape index (κ3) is 62.5. The summed E-state index contributed by atoms with van der Waals surface area (Å²) in [7, 11) is 0. The van der Waals surface area contributed by atoms with Crippen LogP contribution >= 0.6 is 0 Å². The predicted octanol–water partition coefficient (Wildman–Crippen LogP) is 21.6. The minimum atomic E-state index is 0. The molecule has 0 spiro atoms. The highest BCUT2D eigenvalue weighted by molar-refractivity contribution is 4.77. The lowest BCUT2D eigenvalue weighted by molar-refractivity contribution is -0.484. The van der Waals surface area contributed by atoms with E-state index in [4.69, 9.17) is 5.73 Å². The first-order valence-electron chi connectivity index (χ1n) is 33.5. The van der Waals surface area contributed by atoms with Crippen molar-refractivity contribution in [2.24, 2.45) is 0 Å². The van der Waals surface area contributed by atoms with Crippen molar-refractivity contribution in [1.82, 2.24) is 0 Å². The van der Waals surface area contributed by atoms with Crippen LogP contribution in [0.2, 0.25) is 0 Å². The third-order valence-electron chi connectivity index (χ3n) is 16.7. The van der Waals surface area contributed by atoms with Crippen LogP contribution < -0.4 is 18.1 Å². The molecule has 0 unspecified atom stereocenters. The van der Waals surface area contributed by atoms with Crippen LogP contribution in [0.15, 0.2) is 0 Å². The molecule has 0 aromatic rings. The van der Waals surface area contributed by atoms with Gasteiger partial charge in [0, 0.05) is 19.3 Å². The molecular weight excluding hydrogens is 854 g/mol. The fourth-order valence-corrected chi connectivity index (χ4v) is 11.6. The lowest BCUT2D eigenvalue weighted by Gasteiger charge is -2.26. The highest BCUT2D eigenvalue weighted by Crippen LogP contribution is 2.26. The Labute approximate surface area is 446 Å². The van der Waals surface area contributed by atoms with E-state index in [-0.39, 0.29) is 12.4 Å². The van der Waals surface area contributed by atoms with E-state index in [9.17, 15) is 0 Å². The lowest BCUT2D eigenvalue weighted by Crippen LogP contribution is -3.00. The molecule has 0 radical (unpaired) electrons. The molecule has 0 aliphatic heterocycles. The summed E-state index contributed by atoms with van der Waals surface area (Å²) in [6, 6.07) is 0. The van der Waals surface area contributed by atoms with Gasteiger partial charge in [-0.05, 0) is 19.3 Å². The van der Waals surface area contributed by atoms with Gasteiger partial charge in [0.25, 0.3) is 0 Å². The molecule has 0 aliphatic carbocycles. The standard InChI is InChI=1S/C67H137N.ClH/c1-4-7-10-13-16-19-22-25-28-31-34-37-40-43-46-49-52-55-58-61-64-67(68,65-62-59-56-53-50-47-44-41-38-35-32-29-26-23-20-17-14-11-8-5-2)66-63-60-57-54-51-48-45-42-39-36-33-30-27-24-21-18-15-12-9-6-3;/h4-66,68H2,1-3H3;1H. The maximum Gasteiger partial charge on any atom is 0.0945 e. The van der Waals surface area contributed by atoms with Crippen LogP contribution in [0.5, 0.6) is 0 Å². The van der Waals surface area contributed by atoms with Gasteiger partial charge >= 0.3 is 0 Å². The molecule has 3 N–H and O–H groups in total. The molecule has 0 heterocycles. The summed E-state index contributed by atoms with van der Waals surface area (Å²) in [5.41, 5.74) is 5.39. The average Bonchev–Trinajstić information content (AvgIpc) is 3.34. The molecule has 2 heteroatoms. The van der Waals surface area contributed by atoms with Crippen molar-refractivity contribution < 1.29 is 18.1 Å². The van der Waals surface area contributed by atoms with Crippen LogP contribution in [0.25, 0.3) is 0 Å². The fourth-order valence-electron chi connectivity index (χ4n) is 11.6. The number of hydrogen-bond acceptors (Lipinski definition) is 0. The van der Waals surface area contributed by atoms with Gasteiger partial charge in [0.15, 0.2) is 0 Å². The van der Waals surface area contributed by atoms with Crippen molar-refractivity contribution in [3.63, 3.8) is 0 Å². The van der Waals surface area contributed by atoms with E-state index in [1.54, 1.807) is 0 Å². The molecule has 0 aliphatic rings. The molecule has 1 nitrogen and oxygen atoms in total. The molecule has 0 saturated heterocycles. The maximum absolute atomic E-state index is 5.03. The van der Waals surface area contributed by atoms with Crippen molar-refractivity contribution >= 4 is 0 Å². The quantitative estimate of drug-likeness (QED) is 0.0588. The third-order valence-corrected chi connectivity index (χ3v) is 16.7. The van der Waals surface area contributed by atoms with Gasteiger partial charge < -0.3 is 18.1 Å². The van der Waals surface area contributed by atoms with Crippen LogP contribution in [-0.2, 0) is 0 Å². The van der Waals surface area contributed by atoms with Gasteiger partial charge in [-0.15, -0.1) is 0 Å². The van der Waals surface area contributed by atoms with E-state index in [1.165, 1.54) is 405 Å². The molecule has 0 aromatic carbocycles. The van der Waals surface area contributed by atoms with E-state index in [0.29, 0.717) is 5.54 Å². The SMILES string of the molecule is CCCCCCCCCCCCCCCCCCCCCCC([NH3+])(CCCCCCCCCCCCCCCCCCCCCC)CCCCCCCCCCCCCCCCCCCCCC.[Cl-]. The maximum atomic E-state index is 5.03. The molecule has 0 bridgehead atoms. The topological polar surface area (TPSA) is 27.6 Å². The minimum Gasteiger partial charge on any atom is -1.00 e. The largest absolute Gasteiger partial charge is 1.00 e. The van der Waals surface area contributed by atoms with Crippen molar-refractivity contribution in [1.29, 1.82) is 0 Å². The Balaban J connectivity index is 0. The van der Waals surface area contributed by atoms with Crippen molar-refractivity contribution in [3.8, 4) is 0 Å². The highest BCUT2D eigenvalue weighted by Gasteiger charge is 2.27. The van der Waals surface area contributed by atoms with Gasteiger partial charge in [0.2, 0.25) is 0 Å². The van der Waals surface area contributed by atoms with Gasteiger partial charge in [0.1, 0.15) is 0 Å². The van der Waals surface area contributed by atoms with E-state index in [1.807, 2.05) is 0 Å². The van der Waals surface area contributed by atoms with E-state index in [2.05, 4.69) is 20.8 Å². The molecular formula is C67H138ClN. The number of quaternary nitrogens is 1. The van der Waals surface area contributed by atoms with Crippen LogP contribution in [0.4, 0.5) is 0 Å². The van der Waals surface area contributed by atoms with Crippen molar-refractivity contribution in [2.75, 3.05) is 0 Å². The zero-order valence-electron chi connectivity index (χ0n) is 49.1. The zero-order chi connectivity index (χ0) is 49.0. The van der Waals surface area contributed by atoms with Gasteiger partial charge in [-0.2, -0.15) is 0 Å². The first-order chi connectivity index (χ1) is 33.7. The minimum absolute atomic E-state index is 0. The Bertz CT molecular complexity index is 749. The normalized spacial score (nSPS) is 11.8. The van der Waals surface area contributed by atoms with E-state index in [0.717, 1.165) is 0 Å². The molecule has 0 rings (SSSR count). The monoisotopic (exact) mass is 992 g/mol. The smallest absolute Gasteiger partial charge is 0.0945 e. The van der Waals surface area contributed by atoms with Crippen LogP contribution in [-0.4, -0.2) is 5.54 Å². The van der Waals surface area contributed by atoms with E-state index >= 15 is 0 Å². The van der Waals surface area contributed by atoms with Gasteiger partial charge in [-0.3, -0.25) is 0 Å². The second-order valence-corrected chi connectivity index (χ2v) is 23.9. The highest BCUT2D eigenvalue weighted by atomic mass is 35.5. The van der Waals surface area contributed by atoms with Crippen LogP contribution in [0, 0.1) is 0 Å². The van der Waals surface area contributed by atoms with Gasteiger partial charge in [-0.25, -0.2) is 0 Å². The van der Waals surface area contributed by atoms with Gasteiger partial charge in [0.05, 0.1) is 5.54 Å². The number of hydrogen-bond donors (Lipinski definition) is 1. The molecule has 0 saturated carbocycles. The molecule has 418 valence electrons. The van der Waals surface area contributed by atoms with Crippen LogP contribution in [0.1, 0.15) is 425 Å². The first-order valence-corrected chi connectivity index (χ1v) is 33.5. The van der Waals surface area contributed by atoms with E-state index < -0.39 is 0 Å². The fraction of sp³-hybridized carbons (Fsp3) is 1.00. The summed E-state index contributed by atoms with van der Waals surface area (Å²) < 4.78 is 0. The zero-order valence-corrected chi connectivity index (χ0v) is 49.9. The summed E-state index contributed by atoms with van der Waals surface area (Å²) >= 11 is 0. The molecule has 0 amide bonds. The number of halogens is 1. The summed E-state index contributed by atoms with van der Waals surface area (Å²) in [6.45, 7) is 6.96. The number of unbranched alkanes of at least 4 members (excludes halogenated alkanes) is 57. The lowest BCUT2D eigenvalue weighted by atomic mass is 9.82.